The number of nitriles is 1. The molecule has 18 heavy (non-hydrogen) atoms. The number of hydrogen-bond donors (Lipinski definition) is 1. The molecule has 1 aromatic rings. The molecule has 1 N–H and O–H groups in total. The van der Waals surface area contributed by atoms with Crippen LogP contribution >= 0.6 is 0 Å². The van der Waals surface area contributed by atoms with E-state index < -0.39 is 11.7 Å². The van der Waals surface area contributed by atoms with Crippen LogP contribution in [0, 0.1) is 11.3 Å². The van der Waals surface area contributed by atoms with Crippen molar-refractivity contribution in [3.63, 3.8) is 0 Å². The number of nitrogens with zero attached hydrogens (tertiary/aromatic N) is 1. The summed E-state index contributed by atoms with van der Waals surface area (Å²) in [5, 5.41) is 11.5. The standard InChI is InChI=1S/C13H15F3N2/c1-10(18-9-3-2-8-17)11-4-6-12(7-5-11)13(14,15)16/h4-7,10,18H,2-3,9H2,1H3. The van der Waals surface area contributed by atoms with E-state index in [2.05, 4.69) is 5.32 Å². The van der Waals surface area contributed by atoms with Crippen molar-refractivity contribution in [2.24, 2.45) is 0 Å². The maximum Gasteiger partial charge on any atom is 0.416 e. The van der Waals surface area contributed by atoms with E-state index in [-0.39, 0.29) is 6.04 Å². The number of unbranched alkanes of at least 4 members (excludes halogenated alkanes) is 1. The summed E-state index contributed by atoms with van der Waals surface area (Å²) in [5.74, 6) is 0. The van der Waals surface area contributed by atoms with E-state index in [0.29, 0.717) is 13.0 Å². The first-order valence-corrected chi connectivity index (χ1v) is 5.72. The van der Waals surface area contributed by atoms with E-state index in [1.54, 1.807) is 0 Å². The molecular weight excluding hydrogens is 241 g/mol. The Kier molecular flexibility index (Phi) is 5.17. The first-order chi connectivity index (χ1) is 8.45. The first kappa shape index (κ1) is 14.5. The summed E-state index contributed by atoms with van der Waals surface area (Å²) in [6, 6.07) is 7.14. The van der Waals surface area contributed by atoms with Gasteiger partial charge < -0.3 is 5.32 Å². The summed E-state index contributed by atoms with van der Waals surface area (Å²) in [6.07, 6.45) is -3.07. The predicted molar refractivity (Wildman–Crippen MR) is 62.7 cm³/mol. The zero-order valence-corrected chi connectivity index (χ0v) is 10.1. The van der Waals surface area contributed by atoms with Crippen LogP contribution in [-0.2, 0) is 6.18 Å². The molecule has 0 aliphatic heterocycles. The van der Waals surface area contributed by atoms with Gasteiger partial charge in [0.25, 0.3) is 0 Å². The van der Waals surface area contributed by atoms with Crippen LogP contribution in [0.4, 0.5) is 13.2 Å². The summed E-state index contributed by atoms with van der Waals surface area (Å²) in [4.78, 5) is 0. The lowest BCUT2D eigenvalue weighted by molar-refractivity contribution is -0.137. The normalized spacial score (nSPS) is 13.1. The van der Waals surface area contributed by atoms with Gasteiger partial charge in [0.05, 0.1) is 11.6 Å². The second kappa shape index (κ2) is 6.41. The maximum absolute atomic E-state index is 12.4. The smallest absolute Gasteiger partial charge is 0.310 e. The molecule has 1 unspecified atom stereocenters. The highest BCUT2D eigenvalue weighted by molar-refractivity contribution is 5.26. The molecule has 1 rings (SSSR count). The minimum atomic E-state index is -4.29. The summed E-state index contributed by atoms with van der Waals surface area (Å²) < 4.78 is 37.1. The predicted octanol–water partition coefficient (Wildman–Crippen LogP) is 3.66. The van der Waals surface area contributed by atoms with Crippen molar-refractivity contribution in [2.75, 3.05) is 6.54 Å². The fourth-order valence-electron chi connectivity index (χ4n) is 1.56. The topological polar surface area (TPSA) is 35.8 Å². The monoisotopic (exact) mass is 256 g/mol. The second-order valence-electron chi connectivity index (χ2n) is 4.06. The Labute approximate surface area is 104 Å². The lowest BCUT2D eigenvalue weighted by Gasteiger charge is -2.15. The zero-order chi connectivity index (χ0) is 13.6. The number of hydrogen-bond acceptors (Lipinski definition) is 2. The molecule has 0 saturated heterocycles. The Bertz CT molecular complexity index is 404. The lowest BCUT2D eigenvalue weighted by Crippen LogP contribution is -2.19. The third-order valence-electron chi connectivity index (χ3n) is 2.65. The highest BCUT2D eigenvalue weighted by atomic mass is 19.4. The summed E-state index contributed by atoms with van der Waals surface area (Å²) in [7, 11) is 0. The first-order valence-electron chi connectivity index (χ1n) is 5.72. The molecular formula is C13H15F3N2. The summed E-state index contributed by atoms with van der Waals surface area (Å²) in [6.45, 7) is 2.56. The lowest BCUT2D eigenvalue weighted by atomic mass is 10.1. The van der Waals surface area contributed by atoms with E-state index in [4.69, 9.17) is 5.26 Å². The molecule has 1 aromatic carbocycles. The molecule has 2 nitrogen and oxygen atoms in total. The van der Waals surface area contributed by atoms with Gasteiger partial charge in [-0.1, -0.05) is 12.1 Å². The van der Waals surface area contributed by atoms with Crippen molar-refractivity contribution in [3.05, 3.63) is 35.4 Å². The van der Waals surface area contributed by atoms with Crippen molar-refractivity contribution >= 4 is 0 Å². The van der Waals surface area contributed by atoms with E-state index in [9.17, 15) is 13.2 Å². The second-order valence-corrected chi connectivity index (χ2v) is 4.06. The summed E-state index contributed by atoms with van der Waals surface area (Å²) >= 11 is 0. The van der Waals surface area contributed by atoms with E-state index >= 15 is 0 Å². The molecule has 0 aliphatic rings. The van der Waals surface area contributed by atoms with Gasteiger partial charge in [0.1, 0.15) is 0 Å². The van der Waals surface area contributed by atoms with E-state index in [1.807, 2.05) is 13.0 Å². The van der Waals surface area contributed by atoms with Crippen molar-refractivity contribution in [3.8, 4) is 6.07 Å². The Hall–Kier alpha value is -1.54. The summed E-state index contributed by atoms with van der Waals surface area (Å²) in [5.41, 5.74) is 0.169. The van der Waals surface area contributed by atoms with Crippen LogP contribution in [-0.4, -0.2) is 6.54 Å². The molecule has 0 heterocycles. The minimum absolute atomic E-state index is 0.0222. The van der Waals surface area contributed by atoms with Crippen molar-refractivity contribution < 1.29 is 13.2 Å². The zero-order valence-electron chi connectivity index (χ0n) is 10.1. The molecule has 0 aliphatic carbocycles. The molecule has 0 fully saturated rings. The largest absolute Gasteiger partial charge is 0.416 e. The van der Waals surface area contributed by atoms with Gasteiger partial charge in [-0.15, -0.1) is 0 Å². The quantitative estimate of drug-likeness (QED) is 0.816. The Balaban J connectivity index is 2.54. The fourth-order valence-corrected chi connectivity index (χ4v) is 1.56. The molecule has 1 atom stereocenters. The van der Waals surface area contributed by atoms with Crippen molar-refractivity contribution in [1.29, 1.82) is 5.26 Å². The van der Waals surface area contributed by atoms with Crippen molar-refractivity contribution in [1.82, 2.24) is 5.32 Å². The van der Waals surface area contributed by atoms with Gasteiger partial charge in [0, 0.05) is 12.5 Å². The van der Waals surface area contributed by atoms with E-state index in [0.717, 1.165) is 24.1 Å². The van der Waals surface area contributed by atoms with Crippen LogP contribution in [0.25, 0.3) is 0 Å². The highest BCUT2D eigenvalue weighted by Gasteiger charge is 2.30. The van der Waals surface area contributed by atoms with Crippen LogP contribution in [0.2, 0.25) is 0 Å². The van der Waals surface area contributed by atoms with Crippen LogP contribution in [0.5, 0.6) is 0 Å². The van der Waals surface area contributed by atoms with E-state index in [1.165, 1.54) is 12.1 Å². The molecule has 0 amide bonds. The van der Waals surface area contributed by atoms with Gasteiger partial charge >= 0.3 is 6.18 Å². The fraction of sp³-hybridized carbons (Fsp3) is 0.462. The molecule has 5 heteroatoms. The molecule has 0 spiro atoms. The Morgan fingerprint density at radius 2 is 1.89 bits per heavy atom. The van der Waals surface area contributed by atoms with Gasteiger partial charge in [0.2, 0.25) is 0 Å². The van der Waals surface area contributed by atoms with Crippen LogP contribution in [0.15, 0.2) is 24.3 Å². The number of nitrogens with one attached hydrogen (secondary N) is 1. The number of alkyl halides is 3. The average molecular weight is 256 g/mol. The number of rotatable bonds is 5. The Morgan fingerprint density at radius 3 is 2.39 bits per heavy atom. The molecule has 0 bridgehead atoms. The van der Waals surface area contributed by atoms with Crippen LogP contribution in [0.1, 0.15) is 36.9 Å². The van der Waals surface area contributed by atoms with Gasteiger partial charge in [-0.2, -0.15) is 18.4 Å². The minimum Gasteiger partial charge on any atom is -0.310 e. The molecule has 0 saturated carbocycles. The SMILES string of the molecule is CC(NCCCC#N)c1ccc(C(F)(F)F)cc1. The van der Waals surface area contributed by atoms with Gasteiger partial charge in [0.15, 0.2) is 0 Å². The highest BCUT2D eigenvalue weighted by Crippen LogP contribution is 2.29. The van der Waals surface area contributed by atoms with Gasteiger partial charge in [-0.05, 0) is 37.6 Å². The van der Waals surface area contributed by atoms with Crippen LogP contribution < -0.4 is 5.32 Å². The molecule has 98 valence electrons. The third-order valence-corrected chi connectivity index (χ3v) is 2.65. The Morgan fingerprint density at radius 1 is 1.28 bits per heavy atom. The number of benzene rings is 1. The average Bonchev–Trinajstić information content (AvgIpc) is 2.33. The number of halogens is 3. The van der Waals surface area contributed by atoms with Crippen molar-refractivity contribution in [2.45, 2.75) is 32.0 Å². The molecule has 0 radical (unpaired) electrons. The van der Waals surface area contributed by atoms with Gasteiger partial charge in [-0.3, -0.25) is 0 Å². The van der Waals surface area contributed by atoms with Gasteiger partial charge in [-0.25, -0.2) is 0 Å². The maximum atomic E-state index is 12.4. The third kappa shape index (κ3) is 4.38. The van der Waals surface area contributed by atoms with Crippen LogP contribution in [0.3, 0.4) is 0 Å². The molecule has 0 aromatic heterocycles.